The van der Waals surface area contributed by atoms with Crippen LogP contribution in [0.3, 0.4) is 0 Å². The van der Waals surface area contributed by atoms with Gasteiger partial charge in [-0.2, -0.15) is 4.31 Å². The van der Waals surface area contributed by atoms with E-state index in [4.69, 9.17) is 4.42 Å². The van der Waals surface area contributed by atoms with Gasteiger partial charge in [-0.1, -0.05) is 13.0 Å². The van der Waals surface area contributed by atoms with Gasteiger partial charge in [-0.3, -0.25) is 4.79 Å². The van der Waals surface area contributed by atoms with E-state index in [0.29, 0.717) is 31.1 Å². The Bertz CT molecular complexity index is 898. The van der Waals surface area contributed by atoms with Crippen molar-refractivity contribution in [1.29, 1.82) is 0 Å². The fourth-order valence-corrected chi connectivity index (χ4v) is 4.89. The lowest BCUT2D eigenvalue weighted by Crippen LogP contribution is -2.38. The fraction of sp³-hybridized carbons (Fsp3) is 0.476. The molecule has 28 heavy (non-hydrogen) atoms. The minimum atomic E-state index is -3.57. The zero-order valence-corrected chi connectivity index (χ0v) is 17.3. The summed E-state index contributed by atoms with van der Waals surface area (Å²) >= 11 is 0. The molecule has 1 N–H and O–H groups in total. The number of amides is 1. The number of nitrogens with zero attached hydrogens (tertiary/aromatic N) is 1. The van der Waals surface area contributed by atoms with Gasteiger partial charge in [-0.15, -0.1) is 0 Å². The number of benzene rings is 1. The molecule has 6 nitrogen and oxygen atoms in total. The molecule has 1 aromatic carbocycles. The number of hydrogen-bond donors (Lipinski definition) is 1. The molecule has 0 spiro atoms. The Labute approximate surface area is 167 Å². The number of nitrogens with one attached hydrogen (secondary N) is 1. The van der Waals surface area contributed by atoms with E-state index in [2.05, 4.69) is 12.2 Å². The van der Waals surface area contributed by atoms with Crippen LogP contribution in [0.2, 0.25) is 0 Å². The van der Waals surface area contributed by atoms with Crippen LogP contribution in [0, 0.1) is 12.8 Å². The summed E-state index contributed by atoms with van der Waals surface area (Å²) in [4.78, 5) is 12.8. The lowest BCUT2D eigenvalue weighted by atomic mass is 10.0. The third kappa shape index (κ3) is 4.83. The second kappa shape index (κ2) is 8.92. The molecule has 1 aromatic heterocycles. The maximum Gasteiger partial charge on any atom is 0.251 e. The van der Waals surface area contributed by atoms with Crippen LogP contribution in [0.1, 0.15) is 47.9 Å². The van der Waals surface area contributed by atoms with E-state index in [1.165, 1.54) is 10.4 Å². The van der Waals surface area contributed by atoms with Crippen LogP contribution in [0.25, 0.3) is 0 Å². The molecule has 1 aliphatic heterocycles. The van der Waals surface area contributed by atoms with Crippen molar-refractivity contribution in [2.75, 3.05) is 19.6 Å². The van der Waals surface area contributed by atoms with Gasteiger partial charge in [-0.05, 0) is 61.9 Å². The Morgan fingerprint density at radius 2 is 2.00 bits per heavy atom. The quantitative estimate of drug-likeness (QED) is 0.718. The van der Waals surface area contributed by atoms with Crippen LogP contribution in [0.5, 0.6) is 0 Å². The number of rotatable bonds is 7. The highest BCUT2D eigenvalue weighted by atomic mass is 32.2. The smallest absolute Gasteiger partial charge is 0.251 e. The molecule has 2 aromatic rings. The average molecular weight is 405 g/mol. The van der Waals surface area contributed by atoms with E-state index < -0.39 is 10.0 Å². The summed E-state index contributed by atoms with van der Waals surface area (Å²) in [5.74, 6) is 1.18. The number of carbonyl (C=O) groups is 1. The lowest BCUT2D eigenvalue weighted by Gasteiger charge is -2.29. The third-order valence-electron chi connectivity index (χ3n) is 5.30. The van der Waals surface area contributed by atoms with Crippen molar-refractivity contribution >= 4 is 15.9 Å². The van der Waals surface area contributed by atoms with Crippen molar-refractivity contribution in [2.45, 2.75) is 44.4 Å². The number of furan rings is 1. The standard InChI is InChI=1S/C21H28N2O4S/c1-16-9-12-23(13-10-16)28(25,26)19-8-7-17(2)20(15-19)21(24)22-11-3-5-18-6-4-14-27-18/h4,6-8,14-16H,3,5,9-13H2,1-2H3,(H,22,24). The second-order valence-electron chi connectivity index (χ2n) is 7.50. The van der Waals surface area contributed by atoms with Gasteiger partial charge in [0.05, 0.1) is 11.2 Å². The van der Waals surface area contributed by atoms with Crippen molar-refractivity contribution in [1.82, 2.24) is 9.62 Å². The van der Waals surface area contributed by atoms with Gasteiger partial charge in [-0.25, -0.2) is 8.42 Å². The second-order valence-corrected chi connectivity index (χ2v) is 9.44. The SMILES string of the molecule is Cc1ccc(S(=O)(=O)N2CCC(C)CC2)cc1C(=O)NCCCc1ccco1. The highest BCUT2D eigenvalue weighted by molar-refractivity contribution is 7.89. The van der Waals surface area contributed by atoms with Gasteiger partial charge in [0.2, 0.25) is 10.0 Å². The minimum Gasteiger partial charge on any atom is -0.469 e. The monoisotopic (exact) mass is 404 g/mol. The van der Waals surface area contributed by atoms with E-state index in [1.54, 1.807) is 18.4 Å². The van der Waals surface area contributed by atoms with E-state index in [-0.39, 0.29) is 10.8 Å². The first-order valence-electron chi connectivity index (χ1n) is 9.79. The highest BCUT2D eigenvalue weighted by Gasteiger charge is 2.28. The number of aryl methyl sites for hydroxylation is 2. The van der Waals surface area contributed by atoms with Gasteiger partial charge < -0.3 is 9.73 Å². The molecular weight excluding hydrogens is 376 g/mol. The van der Waals surface area contributed by atoms with E-state index in [1.807, 2.05) is 19.1 Å². The van der Waals surface area contributed by atoms with E-state index in [9.17, 15) is 13.2 Å². The predicted molar refractivity (Wildman–Crippen MR) is 108 cm³/mol. The molecule has 1 fully saturated rings. The molecule has 1 aliphatic rings. The molecule has 0 saturated carbocycles. The Morgan fingerprint density at radius 3 is 2.68 bits per heavy atom. The average Bonchev–Trinajstić information content (AvgIpc) is 3.19. The first kappa shape index (κ1) is 20.6. The van der Waals surface area contributed by atoms with Gasteiger partial charge in [0.25, 0.3) is 5.91 Å². The Morgan fingerprint density at radius 1 is 1.25 bits per heavy atom. The first-order chi connectivity index (χ1) is 13.4. The highest BCUT2D eigenvalue weighted by Crippen LogP contribution is 2.25. The molecule has 1 saturated heterocycles. The Balaban J connectivity index is 1.65. The molecule has 3 rings (SSSR count). The third-order valence-corrected chi connectivity index (χ3v) is 7.19. The van der Waals surface area contributed by atoms with Crippen LogP contribution >= 0.6 is 0 Å². The largest absolute Gasteiger partial charge is 0.469 e. The number of hydrogen-bond acceptors (Lipinski definition) is 4. The van der Waals surface area contributed by atoms with Crippen molar-refractivity contribution < 1.29 is 17.6 Å². The van der Waals surface area contributed by atoms with Crippen LogP contribution in [-0.2, 0) is 16.4 Å². The molecule has 152 valence electrons. The molecule has 0 radical (unpaired) electrons. The van der Waals surface area contributed by atoms with E-state index >= 15 is 0 Å². The normalized spacial score (nSPS) is 16.2. The zero-order valence-electron chi connectivity index (χ0n) is 16.5. The Hall–Kier alpha value is -2.12. The first-order valence-corrected chi connectivity index (χ1v) is 11.2. The van der Waals surface area contributed by atoms with Crippen LogP contribution < -0.4 is 5.32 Å². The molecule has 0 bridgehead atoms. The summed E-state index contributed by atoms with van der Waals surface area (Å²) in [7, 11) is -3.57. The zero-order chi connectivity index (χ0) is 20.1. The minimum absolute atomic E-state index is 0.188. The molecule has 0 atom stereocenters. The maximum atomic E-state index is 13.0. The maximum absolute atomic E-state index is 13.0. The molecular formula is C21H28N2O4S. The van der Waals surface area contributed by atoms with Crippen LogP contribution in [-0.4, -0.2) is 38.3 Å². The summed E-state index contributed by atoms with van der Waals surface area (Å²) in [6, 6.07) is 8.55. The van der Waals surface area contributed by atoms with Gasteiger partial charge in [0.1, 0.15) is 5.76 Å². The number of carbonyl (C=O) groups excluding carboxylic acids is 1. The summed E-state index contributed by atoms with van der Waals surface area (Å²) < 4.78 is 32.7. The van der Waals surface area contributed by atoms with Crippen LogP contribution in [0.4, 0.5) is 0 Å². The molecule has 2 heterocycles. The molecule has 1 amide bonds. The summed E-state index contributed by atoms with van der Waals surface area (Å²) in [6.07, 6.45) is 4.87. The molecule has 0 aliphatic carbocycles. The van der Waals surface area contributed by atoms with E-state index in [0.717, 1.165) is 37.0 Å². The predicted octanol–water partition coefficient (Wildman–Crippen LogP) is 3.37. The topological polar surface area (TPSA) is 79.6 Å². The summed E-state index contributed by atoms with van der Waals surface area (Å²) in [5.41, 5.74) is 1.17. The Kier molecular flexibility index (Phi) is 6.57. The van der Waals surface area contributed by atoms with Gasteiger partial charge >= 0.3 is 0 Å². The van der Waals surface area contributed by atoms with Crippen molar-refractivity contribution in [2.24, 2.45) is 5.92 Å². The molecule has 7 heteroatoms. The fourth-order valence-electron chi connectivity index (χ4n) is 3.40. The van der Waals surface area contributed by atoms with Crippen molar-refractivity contribution in [3.8, 4) is 0 Å². The van der Waals surface area contributed by atoms with Crippen molar-refractivity contribution in [3.05, 3.63) is 53.5 Å². The summed E-state index contributed by atoms with van der Waals surface area (Å²) in [6.45, 7) is 5.53. The van der Waals surface area contributed by atoms with Gasteiger partial charge in [0, 0.05) is 31.6 Å². The molecule has 0 unspecified atom stereocenters. The van der Waals surface area contributed by atoms with Crippen LogP contribution in [0.15, 0.2) is 45.9 Å². The van der Waals surface area contributed by atoms with Gasteiger partial charge in [0.15, 0.2) is 0 Å². The number of piperidine rings is 1. The lowest BCUT2D eigenvalue weighted by molar-refractivity contribution is 0.0952. The van der Waals surface area contributed by atoms with Crippen molar-refractivity contribution in [3.63, 3.8) is 0 Å². The summed E-state index contributed by atoms with van der Waals surface area (Å²) in [5, 5.41) is 2.88. The number of sulfonamides is 1.